The number of nitrogens with zero attached hydrogens (tertiary/aromatic N) is 2. The Labute approximate surface area is 163 Å². The smallest absolute Gasteiger partial charge is 0.351 e. The molecule has 0 unspecified atom stereocenters. The summed E-state index contributed by atoms with van der Waals surface area (Å²) < 4.78 is 39.3. The van der Waals surface area contributed by atoms with Crippen LogP contribution in [0.3, 0.4) is 0 Å². The summed E-state index contributed by atoms with van der Waals surface area (Å²) in [7, 11) is 0. The first kappa shape index (κ1) is 22.6. The number of hydrogen-bond donors (Lipinski definition) is 5. The van der Waals surface area contributed by atoms with Gasteiger partial charge < -0.3 is 36.7 Å². The van der Waals surface area contributed by atoms with Crippen LogP contribution < -0.4 is 27.8 Å². The van der Waals surface area contributed by atoms with Crippen LogP contribution in [0.4, 0.5) is 14.6 Å². The van der Waals surface area contributed by atoms with Crippen molar-refractivity contribution in [1.29, 1.82) is 0 Å². The Morgan fingerprint density at radius 3 is 2.79 bits per heavy atom. The SMILES string of the molecule is C[C@H](N)C(=O)NCC(=O)NCOC[C@H]1O[C@@H](n2ccc(N)nc2=O)C(F)(F)[C@@H]1O. The lowest BCUT2D eigenvalue weighted by Crippen LogP contribution is -2.44. The fourth-order valence-corrected chi connectivity index (χ4v) is 2.41. The van der Waals surface area contributed by atoms with Crippen LogP contribution in [0.5, 0.6) is 0 Å². The minimum Gasteiger partial charge on any atom is -0.384 e. The lowest BCUT2D eigenvalue weighted by molar-refractivity contribution is -0.141. The van der Waals surface area contributed by atoms with Gasteiger partial charge in [0.1, 0.15) is 18.7 Å². The number of amides is 2. The maximum absolute atomic E-state index is 14.3. The van der Waals surface area contributed by atoms with Crippen molar-refractivity contribution in [2.45, 2.75) is 37.3 Å². The molecular weight excluding hydrogens is 398 g/mol. The number of aliphatic hydroxyl groups excluding tert-OH is 1. The van der Waals surface area contributed by atoms with Crippen molar-refractivity contribution in [3.8, 4) is 0 Å². The van der Waals surface area contributed by atoms with Gasteiger partial charge in [-0.05, 0) is 13.0 Å². The largest absolute Gasteiger partial charge is 0.384 e. The summed E-state index contributed by atoms with van der Waals surface area (Å²) in [5.74, 6) is -5.08. The number of carbonyl (C=O) groups is 2. The lowest BCUT2D eigenvalue weighted by Gasteiger charge is -2.20. The molecule has 29 heavy (non-hydrogen) atoms. The van der Waals surface area contributed by atoms with Gasteiger partial charge in [0.25, 0.3) is 0 Å². The summed E-state index contributed by atoms with van der Waals surface area (Å²) in [5, 5.41) is 14.4. The fourth-order valence-electron chi connectivity index (χ4n) is 2.41. The number of halogens is 2. The molecule has 0 bridgehead atoms. The Hall–Kier alpha value is -2.68. The van der Waals surface area contributed by atoms with Crippen LogP contribution in [0, 0.1) is 0 Å². The molecular formula is C15H22F2N6O6. The van der Waals surface area contributed by atoms with Crippen molar-refractivity contribution < 1.29 is 33.0 Å². The van der Waals surface area contributed by atoms with Crippen molar-refractivity contribution in [3.05, 3.63) is 22.7 Å². The topological polar surface area (TPSA) is 184 Å². The fraction of sp³-hybridized carbons (Fsp3) is 0.600. The molecule has 7 N–H and O–H groups in total. The van der Waals surface area contributed by atoms with Crippen LogP contribution in [-0.2, 0) is 19.1 Å². The standard InChI is InChI=1S/C15H22F2N6O6/c1-7(18)12(26)20-4-10(24)21-6-28-5-8-11(25)15(16,17)13(29-8)23-3-2-9(19)22-14(23)27/h2-3,7-8,11,13,25H,4-6,18H2,1H3,(H,20,26)(H,21,24)(H2,19,22,27)/t7-,8+,11+,13+/m0/s1. The zero-order valence-electron chi connectivity index (χ0n) is 15.4. The van der Waals surface area contributed by atoms with Gasteiger partial charge in [-0.25, -0.2) is 4.79 Å². The number of nitrogens with two attached hydrogens (primary N) is 2. The van der Waals surface area contributed by atoms with Gasteiger partial charge in [0.2, 0.25) is 18.0 Å². The molecule has 2 amide bonds. The van der Waals surface area contributed by atoms with E-state index >= 15 is 0 Å². The summed E-state index contributed by atoms with van der Waals surface area (Å²) >= 11 is 0. The monoisotopic (exact) mass is 420 g/mol. The van der Waals surface area contributed by atoms with Crippen LogP contribution in [0.1, 0.15) is 13.2 Å². The summed E-state index contributed by atoms with van der Waals surface area (Å²) in [5.41, 5.74) is 9.58. The predicted octanol–water partition coefficient (Wildman–Crippen LogP) is -2.73. The molecule has 4 atom stereocenters. The van der Waals surface area contributed by atoms with Gasteiger partial charge in [0.15, 0.2) is 6.10 Å². The number of nitrogen functional groups attached to an aromatic ring is 1. The summed E-state index contributed by atoms with van der Waals surface area (Å²) in [6.45, 7) is 0.205. The summed E-state index contributed by atoms with van der Waals surface area (Å²) in [6, 6.07) is 0.356. The number of aliphatic hydroxyl groups is 1. The van der Waals surface area contributed by atoms with Gasteiger partial charge in [-0.2, -0.15) is 13.8 Å². The van der Waals surface area contributed by atoms with E-state index in [0.29, 0.717) is 4.57 Å². The molecule has 1 aliphatic rings. The predicted molar refractivity (Wildman–Crippen MR) is 93.4 cm³/mol. The van der Waals surface area contributed by atoms with Crippen LogP contribution >= 0.6 is 0 Å². The Morgan fingerprint density at radius 1 is 1.48 bits per heavy atom. The molecule has 162 valence electrons. The molecule has 1 saturated heterocycles. The Morgan fingerprint density at radius 2 is 2.17 bits per heavy atom. The van der Waals surface area contributed by atoms with Crippen molar-refractivity contribution >= 4 is 17.6 Å². The Balaban J connectivity index is 1.85. The number of anilines is 1. The third-order valence-corrected chi connectivity index (χ3v) is 3.97. The Bertz CT molecular complexity index is 804. The molecule has 1 aliphatic heterocycles. The number of ether oxygens (including phenoxy) is 2. The van der Waals surface area contributed by atoms with E-state index in [-0.39, 0.29) is 19.1 Å². The zero-order valence-corrected chi connectivity index (χ0v) is 15.4. The second-order valence-electron chi connectivity index (χ2n) is 6.31. The maximum Gasteiger partial charge on any atom is 0.351 e. The van der Waals surface area contributed by atoms with Gasteiger partial charge in [-0.1, -0.05) is 0 Å². The van der Waals surface area contributed by atoms with Crippen LogP contribution in [0.15, 0.2) is 17.1 Å². The number of rotatable bonds is 8. The second-order valence-corrected chi connectivity index (χ2v) is 6.31. The van der Waals surface area contributed by atoms with Gasteiger partial charge in [-0.3, -0.25) is 14.2 Å². The average Bonchev–Trinajstić information content (AvgIpc) is 2.86. The number of alkyl halides is 2. The van der Waals surface area contributed by atoms with E-state index in [1.807, 2.05) is 0 Å². The van der Waals surface area contributed by atoms with E-state index in [2.05, 4.69) is 15.6 Å². The lowest BCUT2D eigenvalue weighted by atomic mass is 10.1. The first-order chi connectivity index (χ1) is 13.5. The van der Waals surface area contributed by atoms with Crippen molar-refractivity contribution in [1.82, 2.24) is 20.2 Å². The molecule has 2 heterocycles. The first-order valence-electron chi connectivity index (χ1n) is 8.47. The normalized spacial score (nSPS) is 24.1. The second kappa shape index (κ2) is 9.21. The van der Waals surface area contributed by atoms with Crippen molar-refractivity contribution in [2.75, 3.05) is 25.6 Å². The zero-order chi connectivity index (χ0) is 21.8. The molecule has 0 spiro atoms. The molecule has 0 radical (unpaired) electrons. The highest BCUT2D eigenvalue weighted by atomic mass is 19.3. The Kier molecular flexibility index (Phi) is 7.18. The minimum atomic E-state index is -3.80. The highest BCUT2D eigenvalue weighted by Crippen LogP contribution is 2.42. The number of hydrogen-bond acceptors (Lipinski definition) is 9. The van der Waals surface area contributed by atoms with Crippen molar-refractivity contribution in [3.63, 3.8) is 0 Å². The number of carbonyl (C=O) groups excluding carboxylic acids is 2. The van der Waals surface area contributed by atoms with Crippen LogP contribution in [0.25, 0.3) is 0 Å². The van der Waals surface area contributed by atoms with Crippen LogP contribution in [-0.4, -0.2) is 70.5 Å². The molecule has 0 aliphatic carbocycles. The third kappa shape index (κ3) is 5.44. The van der Waals surface area contributed by atoms with E-state index in [4.69, 9.17) is 20.9 Å². The minimum absolute atomic E-state index is 0.152. The molecule has 0 saturated carbocycles. The van der Waals surface area contributed by atoms with E-state index in [9.17, 15) is 28.3 Å². The highest BCUT2D eigenvalue weighted by molar-refractivity contribution is 5.86. The highest BCUT2D eigenvalue weighted by Gasteiger charge is 2.59. The summed E-state index contributed by atoms with van der Waals surface area (Å²) in [6.07, 6.45) is -4.86. The molecule has 2 rings (SSSR count). The quantitative estimate of drug-likeness (QED) is 0.220. The molecule has 1 fully saturated rings. The summed E-state index contributed by atoms with van der Waals surface area (Å²) in [4.78, 5) is 37.9. The molecule has 1 aromatic heterocycles. The van der Waals surface area contributed by atoms with E-state index in [0.717, 1.165) is 12.3 Å². The van der Waals surface area contributed by atoms with Gasteiger partial charge in [-0.15, -0.1) is 0 Å². The van der Waals surface area contributed by atoms with Gasteiger partial charge in [0.05, 0.1) is 19.2 Å². The average molecular weight is 420 g/mol. The van der Waals surface area contributed by atoms with E-state index in [1.165, 1.54) is 6.92 Å². The molecule has 12 nitrogen and oxygen atoms in total. The van der Waals surface area contributed by atoms with E-state index in [1.54, 1.807) is 0 Å². The maximum atomic E-state index is 14.3. The molecule has 0 aromatic carbocycles. The number of aromatic nitrogens is 2. The third-order valence-electron chi connectivity index (χ3n) is 3.97. The van der Waals surface area contributed by atoms with Gasteiger partial charge in [0, 0.05) is 6.20 Å². The van der Waals surface area contributed by atoms with Crippen molar-refractivity contribution in [2.24, 2.45) is 5.73 Å². The first-order valence-corrected chi connectivity index (χ1v) is 8.47. The number of nitrogens with one attached hydrogen (secondary N) is 2. The molecule has 14 heteroatoms. The van der Waals surface area contributed by atoms with Gasteiger partial charge >= 0.3 is 11.6 Å². The van der Waals surface area contributed by atoms with Crippen LogP contribution in [0.2, 0.25) is 0 Å². The molecule has 1 aromatic rings. The van der Waals surface area contributed by atoms with E-state index < -0.39 is 54.5 Å².